The zero-order valence-electron chi connectivity index (χ0n) is 18.5. The van der Waals surface area contributed by atoms with Crippen LogP contribution in [0, 0.1) is 10.1 Å². The van der Waals surface area contributed by atoms with E-state index in [1.54, 1.807) is 26.6 Å². The van der Waals surface area contributed by atoms with E-state index in [1.807, 2.05) is 29.2 Å². The van der Waals surface area contributed by atoms with Crippen molar-refractivity contribution in [1.29, 1.82) is 0 Å². The van der Waals surface area contributed by atoms with Crippen molar-refractivity contribution in [3.05, 3.63) is 70.7 Å². The van der Waals surface area contributed by atoms with Crippen molar-refractivity contribution >= 4 is 16.7 Å². The number of hydrogen-bond donors (Lipinski definition) is 1. The van der Waals surface area contributed by atoms with E-state index >= 15 is 0 Å². The van der Waals surface area contributed by atoms with Crippen molar-refractivity contribution in [3.63, 3.8) is 0 Å². The Morgan fingerprint density at radius 3 is 2.48 bits per heavy atom. The van der Waals surface area contributed by atoms with Gasteiger partial charge in [0.2, 0.25) is 0 Å². The van der Waals surface area contributed by atoms with Gasteiger partial charge in [-0.3, -0.25) is 15.1 Å². The molecular formula is C22H25N7O4. The van der Waals surface area contributed by atoms with Crippen LogP contribution in [0.3, 0.4) is 0 Å². The highest BCUT2D eigenvalue weighted by atomic mass is 16.6. The molecule has 3 aromatic rings. The maximum absolute atomic E-state index is 11.2. The lowest BCUT2D eigenvalue weighted by molar-refractivity contribution is -0.404. The normalized spacial score (nSPS) is 14.3. The van der Waals surface area contributed by atoms with Gasteiger partial charge in [0, 0.05) is 56.6 Å². The molecule has 1 aliphatic rings. The molecule has 0 saturated carbocycles. The zero-order chi connectivity index (χ0) is 23.2. The van der Waals surface area contributed by atoms with Crippen molar-refractivity contribution in [1.82, 2.24) is 25.2 Å². The molecule has 0 atom stereocenters. The zero-order valence-corrected chi connectivity index (χ0v) is 18.5. The van der Waals surface area contributed by atoms with Crippen LogP contribution < -0.4 is 19.7 Å². The Hall–Kier alpha value is -4.15. The highest BCUT2D eigenvalue weighted by Crippen LogP contribution is 2.35. The van der Waals surface area contributed by atoms with Gasteiger partial charge in [-0.1, -0.05) is 0 Å². The van der Waals surface area contributed by atoms with Crippen LogP contribution in [0.15, 0.2) is 55.0 Å². The fourth-order valence-electron chi connectivity index (χ4n) is 3.81. The number of benzene rings is 1. The first-order valence-corrected chi connectivity index (χ1v) is 10.4. The summed E-state index contributed by atoms with van der Waals surface area (Å²) in [5.74, 6) is 2.49. The van der Waals surface area contributed by atoms with Crippen molar-refractivity contribution in [2.24, 2.45) is 0 Å². The van der Waals surface area contributed by atoms with E-state index in [9.17, 15) is 10.1 Å². The molecule has 0 amide bonds. The fourth-order valence-corrected chi connectivity index (χ4v) is 3.81. The molecule has 2 aromatic heterocycles. The number of piperazine rings is 1. The number of aromatic nitrogens is 3. The monoisotopic (exact) mass is 451 g/mol. The lowest BCUT2D eigenvalue weighted by atomic mass is 10.2. The second-order valence-electron chi connectivity index (χ2n) is 7.40. The Morgan fingerprint density at radius 1 is 1.12 bits per heavy atom. The van der Waals surface area contributed by atoms with E-state index in [0.717, 1.165) is 28.5 Å². The Labute approximate surface area is 190 Å². The fraction of sp³-hybridized carbons (Fsp3) is 0.318. The number of nitrogens with one attached hydrogen (secondary N) is 1. The number of nitro groups is 1. The predicted molar refractivity (Wildman–Crippen MR) is 123 cm³/mol. The lowest BCUT2D eigenvalue weighted by Gasteiger charge is -2.37. The van der Waals surface area contributed by atoms with Gasteiger partial charge in [-0.05, 0) is 23.8 Å². The van der Waals surface area contributed by atoms with Crippen LogP contribution in [0.2, 0.25) is 0 Å². The van der Waals surface area contributed by atoms with Crippen molar-refractivity contribution in [2.45, 2.75) is 6.54 Å². The van der Waals surface area contributed by atoms with Crippen LogP contribution in [-0.4, -0.2) is 65.2 Å². The topological polar surface area (TPSA) is 119 Å². The van der Waals surface area contributed by atoms with Crippen LogP contribution in [0.1, 0.15) is 5.56 Å². The first kappa shape index (κ1) is 22.1. The predicted octanol–water partition coefficient (Wildman–Crippen LogP) is 2.03. The molecule has 0 radical (unpaired) electrons. The third-order valence-corrected chi connectivity index (χ3v) is 5.49. The van der Waals surface area contributed by atoms with Gasteiger partial charge >= 0.3 is 0 Å². The van der Waals surface area contributed by atoms with Gasteiger partial charge in [0.15, 0.2) is 17.3 Å². The van der Waals surface area contributed by atoms with E-state index in [1.165, 1.54) is 6.33 Å². The molecule has 11 nitrogen and oxygen atoms in total. The summed E-state index contributed by atoms with van der Waals surface area (Å²) in [6.45, 7) is 2.96. The molecule has 11 heteroatoms. The standard InChI is InChI=1S/C22H25N7O4/c1-32-19-11-17-18(12-20(19)33-2)25-15-26-22(17)28-9-7-27(8-10-28)21(14-29(30)31)24-13-16-3-5-23-6-4-16/h3-6,11-12,14-15,24H,7-10,13H2,1-2H3. The second-order valence-corrected chi connectivity index (χ2v) is 7.40. The molecule has 0 bridgehead atoms. The summed E-state index contributed by atoms with van der Waals surface area (Å²) >= 11 is 0. The highest BCUT2D eigenvalue weighted by molar-refractivity contribution is 5.92. The minimum absolute atomic E-state index is 0.432. The lowest BCUT2D eigenvalue weighted by Crippen LogP contribution is -2.48. The third-order valence-electron chi connectivity index (χ3n) is 5.49. The summed E-state index contributed by atoms with van der Waals surface area (Å²) in [6, 6.07) is 7.46. The molecule has 3 heterocycles. The number of ether oxygens (including phenoxy) is 2. The molecule has 4 rings (SSSR count). The number of fused-ring (bicyclic) bond motifs is 1. The number of pyridine rings is 1. The SMILES string of the molecule is COc1cc2ncnc(N3CCN(C(=C[N+](=O)[O-])NCc4ccncc4)CC3)c2cc1OC. The maximum Gasteiger partial charge on any atom is 0.274 e. The summed E-state index contributed by atoms with van der Waals surface area (Å²) in [5, 5.41) is 15.3. The van der Waals surface area contributed by atoms with Crippen LogP contribution in [0.25, 0.3) is 10.9 Å². The minimum Gasteiger partial charge on any atom is -0.493 e. The average molecular weight is 451 g/mol. The van der Waals surface area contributed by atoms with Gasteiger partial charge in [0.05, 0.1) is 24.7 Å². The third kappa shape index (κ3) is 5.03. The molecule has 0 unspecified atom stereocenters. The van der Waals surface area contributed by atoms with Crippen LogP contribution in [-0.2, 0) is 6.54 Å². The van der Waals surface area contributed by atoms with E-state index < -0.39 is 4.92 Å². The highest BCUT2D eigenvalue weighted by Gasteiger charge is 2.23. The van der Waals surface area contributed by atoms with Gasteiger partial charge in [-0.2, -0.15) is 0 Å². The Bertz CT molecular complexity index is 1150. The Balaban J connectivity index is 1.50. The second kappa shape index (κ2) is 9.98. The summed E-state index contributed by atoms with van der Waals surface area (Å²) < 4.78 is 10.8. The van der Waals surface area contributed by atoms with Crippen molar-refractivity contribution < 1.29 is 14.4 Å². The van der Waals surface area contributed by atoms with Crippen molar-refractivity contribution in [3.8, 4) is 11.5 Å². The molecule has 33 heavy (non-hydrogen) atoms. The largest absolute Gasteiger partial charge is 0.493 e. The molecule has 0 spiro atoms. The molecular weight excluding hydrogens is 426 g/mol. The average Bonchev–Trinajstić information content (AvgIpc) is 2.85. The van der Waals surface area contributed by atoms with Gasteiger partial charge in [-0.25, -0.2) is 9.97 Å². The number of nitrogens with zero attached hydrogens (tertiary/aromatic N) is 6. The van der Waals surface area contributed by atoms with E-state index in [2.05, 4.69) is 25.2 Å². The smallest absolute Gasteiger partial charge is 0.274 e. The molecule has 1 saturated heterocycles. The van der Waals surface area contributed by atoms with Gasteiger partial charge in [0.1, 0.15) is 12.1 Å². The summed E-state index contributed by atoms with van der Waals surface area (Å²) in [5.41, 5.74) is 1.75. The summed E-state index contributed by atoms with van der Waals surface area (Å²) in [4.78, 5) is 27.8. The van der Waals surface area contributed by atoms with E-state index in [0.29, 0.717) is 50.0 Å². The van der Waals surface area contributed by atoms with E-state index in [-0.39, 0.29) is 0 Å². The number of methoxy groups -OCH3 is 2. The van der Waals surface area contributed by atoms with Crippen molar-refractivity contribution in [2.75, 3.05) is 45.3 Å². The van der Waals surface area contributed by atoms with Gasteiger partial charge < -0.3 is 24.6 Å². The first-order valence-electron chi connectivity index (χ1n) is 10.4. The summed E-state index contributed by atoms with van der Waals surface area (Å²) in [6.07, 6.45) is 5.95. The maximum atomic E-state index is 11.2. The van der Waals surface area contributed by atoms with Crippen LogP contribution in [0.4, 0.5) is 5.82 Å². The minimum atomic E-state index is -0.432. The number of rotatable bonds is 8. The Kier molecular flexibility index (Phi) is 6.67. The summed E-state index contributed by atoms with van der Waals surface area (Å²) in [7, 11) is 3.18. The molecule has 0 aliphatic carbocycles. The van der Waals surface area contributed by atoms with Gasteiger partial charge in [-0.15, -0.1) is 0 Å². The molecule has 1 N–H and O–H groups in total. The number of anilines is 1. The van der Waals surface area contributed by atoms with Crippen LogP contribution >= 0.6 is 0 Å². The Morgan fingerprint density at radius 2 is 1.82 bits per heavy atom. The molecule has 172 valence electrons. The quantitative estimate of drug-likeness (QED) is 0.402. The number of hydrogen-bond acceptors (Lipinski definition) is 10. The first-order chi connectivity index (χ1) is 16.1. The van der Waals surface area contributed by atoms with E-state index in [4.69, 9.17) is 9.47 Å². The molecule has 1 fully saturated rings. The van der Waals surface area contributed by atoms with Gasteiger partial charge in [0.25, 0.3) is 6.20 Å². The molecule has 1 aromatic carbocycles. The molecule has 1 aliphatic heterocycles. The van der Waals surface area contributed by atoms with Crippen LogP contribution in [0.5, 0.6) is 11.5 Å².